The van der Waals surface area contributed by atoms with Crippen molar-refractivity contribution in [3.63, 3.8) is 0 Å². The van der Waals surface area contributed by atoms with Crippen molar-refractivity contribution >= 4 is 27.8 Å². The van der Waals surface area contributed by atoms with E-state index in [0.29, 0.717) is 11.8 Å². The van der Waals surface area contributed by atoms with Gasteiger partial charge in [0.15, 0.2) is 0 Å². The van der Waals surface area contributed by atoms with Crippen LogP contribution in [0.25, 0.3) is 27.6 Å². The van der Waals surface area contributed by atoms with Gasteiger partial charge in [-0.3, -0.25) is 4.57 Å². The Morgan fingerprint density at radius 3 is 2.43 bits per heavy atom. The Kier molecular flexibility index (Phi) is 5.89. The van der Waals surface area contributed by atoms with E-state index < -0.39 is 11.1 Å². The molecule has 0 radical (unpaired) electrons. The molecule has 3 aliphatic rings. The Hall–Kier alpha value is -4.97. The largest absolute Gasteiger partial charge is 0.468 e. The van der Waals surface area contributed by atoms with Crippen LogP contribution in [0.3, 0.4) is 0 Å². The maximum Gasteiger partial charge on any atom is 0.219 e. The van der Waals surface area contributed by atoms with Gasteiger partial charge in [-0.15, -0.1) is 0 Å². The molecule has 0 saturated carbocycles. The van der Waals surface area contributed by atoms with E-state index in [-0.39, 0.29) is 10.8 Å². The molecular weight excluding hydrogens is 604 g/mol. The number of aromatic nitrogens is 3. The quantitative estimate of drug-likeness (QED) is 0.192. The van der Waals surface area contributed by atoms with Crippen LogP contribution in [0.2, 0.25) is 0 Å². The van der Waals surface area contributed by atoms with Crippen LogP contribution < -0.4 is 4.74 Å². The van der Waals surface area contributed by atoms with Crippen molar-refractivity contribution in [1.29, 1.82) is 0 Å². The molecule has 3 aromatic carbocycles. The number of rotatable bonds is 3. The van der Waals surface area contributed by atoms with Crippen LogP contribution in [0, 0.1) is 13.8 Å². The average Bonchev–Trinajstić information content (AvgIpc) is 3.59. The zero-order chi connectivity index (χ0) is 34.2. The molecule has 49 heavy (non-hydrogen) atoms. The van der Waals surface area contributed by atoms with Crippen LogP contribution in [0.1, 0.15) is 93.0 Å². The lowest BCUT2D eigenvalue weighted by atomic mass is 9.72. The summed E-state index contributed by atoms with van der Waals surface area (Å²) in [5.74, 6) is 1.89. The van der Waals surface area contributed by atoms with Gasteiger partial charge in [0, 0.05) is 52.7 Å². The van der Waals surface area contributed by atoms with Gasteiger partial charge in [-0.25, -0.2) is 15.0 Å². The van der Waals surface area contributed by atoms with E-state index in [2.05, 4.69) is 120 Å². The topological polar surface area (TPSA) is 61.5 Å². The van der Waals surface area contributed by atoms with E-state index in [1.807, 2.05) is 24.4 Å². The molecule has 0 saturated heterocycles. The summed E-state index contributed by atoms with van der Waals surface area (Å²) in [6.07, 6.45) is 4.49. The summed E-state index contributed by atoms with van der Waals surface area (Å²) in [5.41, 5.74) is 11.8. The highest BCUT2D eigenvalue weighted by atomic mass is 16.5. The number of pyridine rings is 2. The minimum absolute atomic E-state index is 0.0137. The van der Waals surface area contributed by atoms with Gasteiger partial charge in [-0.2, -0.15) is 0 Å². The van der Waals surface area contributed by atoms with E-state index in [4.69, 9.17) is 19.5 Å². The van der Waals surface area contributed by atoms with Gasteiger partial charge < -0.3 is 9.47 Å². The summed E-state index contributed by atoms with van der Waals surface area (Å²) >= 11 is 0. The van der Waals surface area contributed by atoms with Crippen LogP contribution in [0.15, 0.2) is 84.1 Å². The van der Waals surface area contributed by atoms with Crippen LogP contribution in [-0.4, -0.2) is 26.0 Å². The predicted octanol–water partition coefficient (Wildman–Crippen LogP) is 9.93. The average molecular weight is 647 g/mol. The van der Waals surface area contributed by atoms with Crippen LogP contribution >= 0.6 is 0 Å². The second-order valence-electron chi connectivity index (χ2n) is 16.3. The molecule has 6 nitrogen and oxygen atoms in total. The smallest absolute Gasteiger partial charge is 0.219 e. The third kappa shape index (κ3) is 4.09. The molecule has 0 amide bonds. The van der Waals surface area contributed by atoms with Gasteiger partial charge in [0.2, 0.25) is 11.8 Å². The maximum atomic E-state index is 6.69. The van der Waals surface area contributed by atoms with Gasteiger partial charge in [0.05, 0.1) is 11.2 Å². The first-order valence-electron chi connectivity index (χ1n) is 17.3. The molecule has 0 unspecified atom stereocenters. The SMILES string of the molecule is Cc1ccc2c(c1)C[C@]1(C)OC(c3ccnc(Oc4cc5c(cc4C)C(C)(C)c4cc(C(C)(C)C)cc6c7cccnc7n-5c46)c3)=N[C@]21C. The van der Waals surface area contributed by atoms with Crippen molar-refractivity contribution < 1.29 is 9.47 Å². The van der Waals surface area contributed by atoms with Gasteiger partial charge in [0.1, 0.15) is 22.5 Å². The second kappa shape index (κ2) is 9.59. The summed E-state index contributed by atoms with van der Waals surface area (Å²) in [7, 11) is 0. The first-order valence-corrected chi connectivity index (χ1v) is 17.3. The van der Waals surface area contributed by atoms with Crippen molar-refractivity contribution in [2.24, 2.45) is 4.99 Å². The molecular formula is C43H42N4O2. The van der Waals surface area contributed by atoms with Crippen LogP contribution in [0.4, 0.5) is 0 Å². The fourth-order valence-electron chi connectivity index (χ4n) is 8.49. The first kappa shape index (κ1) is 30.1. The van der Waals surface area contributed by atoms with E-state index in [1.54, 1.807) is 6.20 Å². The molecule has 6 aromatic rings. The molecule has 5 heterocycles. The first-order chi connectivity index (χ1) is 23.2. The summed E-state index contributed by atoms with van der Waals surface area (Å²) in [6, 6.07) is 24.0. The van der Waals surface area contributed by atoms with E-state index in [9.17, 15) is 0 Å². The van der Waals surface area contributed by atoms with E-state index >= 15 is 0 Å². The Bertz CT molecular complexity index is 2450. The second-order valence-corrected chi connectivity index (χ2v) is 16.3. The van der Waals surface area contributed by atoms with E-state index in [0.717, 1.165) is 40.0 Å². The number of benzene rings is 3. The summed E-state index contributed by atoms with van der Waals surface area (Å²) in [6.45, 7) is 20.2. The van der Waals surface area contributed by atoms with Crippen molar-refractivity contribution in [2.45, 2.75) is 90.7 Å². The Morgan fingerprint density at radius 1 is 0.816 bits per heavy atom. The number of hydrogen-bond acceptors (Lipinski definition) is 5. The molecule has 1 aliphatic carbocycles. The minimum Gasteiger partial charge on any atom is -0.468 e. The molecule has 6 heteroatoms. The van der Waals surface area contributed by atoms with Crippen molar-refractivity contribution in [3.05, 3.63) is 124 Å². The van der Waals surface area contributed by atoms with Gasteiger partial charge in [0.25, 0.3) is 0 Å². The fourth-order valence-corrected chi connectivity index (χ4v) is 8.49. The fraction of sp³-hybridized carbons (Fsp3) is 0.326. The summed E-state index contributed by atoms with van der Waals surface area (Å²) in [5, 5.41) is 2.40. The van der Waals surface area contributed by atoms with Crippen molar-refractivity contribution in [2.75, 3.05) is 0 Å². The molecule has 2 atom stereocenters. The highest BCUT2D eigenvalue weighted by molar-refractivity contribution is 6.10. The molecule has 0 fully saturated rings. The number of aryl methyl sites for hydroxylation is 2. The monoisotopic (exact) mass is 646 g/mol. The zero-order valence-corrected chi connectivity index (χ0v) is 29.8. The van der Waals surface area contributed by atoms with Crippen molar-refractivity contribution in [3.8, 4) is 17.3 Å². The molecule has 9 rings (SSSR count). The van der Waals surface area contributed by atoms with Crippen molar-refractivity contribution in [1.82, 2.24) is 14.5 Å². The van der Waals surface area contributed by atoms with Gasteiger partial charge in [-0.1, -0.05) is 64.4 Å². The van der Waals surface area contributed by atoms with Crippen LogP contribution in [-0.2, 0) is 27.5 Å². The summed E-state index contributed by atoms with van der Waals surface area (Å²) in [4.78, 5) is 14.8. The minimum atomic E-state index is -0.458. The lowest BCUT2D eigenvalue weighted by molar-refractivity contribution is 0.0476. The normalized spacial score (nSPS) is 21.7. The molecule has 0 spiro atoms. The standard InChI is InChI=1S/C43H42N4O2/c1-24-12-13-31-27(17-24)23-42(8)43(31,9)46-39(49-42)26-14-16-44-36(19-26)48-35-22-34-32(18-25(35)2)41(6,7)33-21-28(40(3,4)5)20-30-29-11-10-15-45-38(29)47(34)37(30)33/h10-22H,23H2,1-9H3/t42-,43+/m0/s1. The molecule has 0 N–H and O–H groups in total. The van der Waals surface area contributed by atoms with E-state index in [1.165, 1.54) is 44.3 Å². The van der Waals surface area contributed by atoms with Gasteiger partial charge >= 0.3 is 0 Å². The number of hydrogen-bond donors (Lipinski definition) is 0. The Labute approximate surface area is 287 Å². The molecule has 2 aliphatic heterocycles. The van der Waals surface area contributed by atoms with Crippen LogP contribution in [0.5, 0.6) is 11.6 Å². The molecule has 0 bridgehead atoms. The predicted molar refractivity (Wildman–Crippen MR) is 197 cm³/mol. The highest BCUT2D eigenvalue weighted by Gasteiger charge is 2.58. The summed E-state index contributed by atoms with van der Waals surface area (Å²) < 4.78 is 15.7. The number of ether oxygens (including phenoxy) is 2. The molecule has 3 aromatic heterocycles. The number of nitrogens with zero attached hydrogens (tertiary/aromatic N) is 4. The Balaban J connectivity index is 1.14. The molecule has 246 valence electrons. The zero-order valence-electron chi connectivity index (χ0n) is 29.8. The van der Waals surface area contributed by atoms with Gasteiger partial charge in [-0.05, 0) is 96.8 Å². The lowest BCUT2D eigenvalue weighted by Gasteiger charge is -2.36. The third-order valence-electron chi connectivity index (χ3n) is 11.6. The lowest BCUT2D eigenvalue weighted by Crippen LogP contribution is -2.41. The Morgan fingerprint density at radius 2 is 1.63 bits per heavy atom. The third-order valence-corrected chi connectivity index (χ3v) is 11.6. The number of fused-ring (bicyclic) bond motifs is 8. The highest BCUT2D eigenvalue weighted by Crippen LogP contribution is 2.54. The number of aliphatic imine (C=N–C) groups is 1. The maximum absolute atomic E-state index is 6.69.